The highest BCUT2D eigenvalue weighted by Crippen LogP contribution is 2.24. The Kier molecular flexibility index (Phi) is 3.15. The lowest BCUT2D eigenvalue weighted by atomic mass is 10.2. The smallest absolute Gasteiger partial charge is 0.249 e. The Labute approximate surface area is 78.8 Å². The molecule has 0 radical (unpaired) electrons. The molecule has 0 aliphatic rings. The molecule has 1 heterocycles. The van der Waals surface area contributed by atoms with Gasteiger partial charge in [0.25, 0.3) is 6.43 Å². The Hall–Kier alpha value is -1.21. The Bertz CT molecular complexity index is 346. The number of hydrogen-bond acceptors (Lipinski definition) is 2. The van der Waals surface area contributed by atoms with E-state index in [1.807, 2.05) is 6.07 Å². The van der Waals surface area contributed by atoms with Crippen molar-refractivity contribution in [3.05, 3.63) is 28.5 Å². The van der Waals surface area contributed by atoms with Gasteiger partial charge >= 0.3 is 0 Å². The van der Waals surface area contributed by atoms with E-state index in [9.17, 15) is 8.78 Å². The standard InChI is InChI=1S/C8H5ClF2N2/c9-6-2-1-5(3-4-12)13-7(6)8(10)11/h1-2,8H,3H2. The Balaban J connectivity index is 3.05. The number of pyridine rings is 1. The van der Waals surface area contributed by atoms with Crippen LogP contribution in [-0.2, 0) is 6.42 Å². The second kappa shape index (κ2) is 4.15. The molecule has 13 heavy (non-hydrogen) atoms. The van der Waals surface area contributed by atoms with Crippen LogP contribution in [0.25, 0.3) is 0 Å². The van der Waals surface area contributed by atoms with Crippen LogP contribution in [0.2, 0.25) is 5.02 Å². The second-order valence-electron chi connectivity index (χ2n) is 2.31. The molecule has 0 aliphatic heterocycles. The number of alkyl halides is 2. The van der Waals surface area contributed by atoms with Gasteiger partial charge in [0.2, 0.25) is 0 Å². The van der Waals surface area contributed by atoms with Crippen molar-refractivity contribution in [2.45, 2.75) is 12.8 Å². The molecule has 0 amide bonds. The molecule has 1 aromatic heterocycles. The van der Waals surface area contributed by atoms with Gasteiger partial charge in [-0.1, -0.05) is 11.6 Å². The van der Waals surface area contributed by atoms with Crippen molar-refractivity contribution >= 4 is 11.6 Å². The van der Waals surface area contributed by atoms with E-state index >= 15 is 0 Å². The predicted octanol–water partition coefficient (Wildman–Crippen LogP) is 2.74. The van der Waals surface area contributed by atoms with Gasteiger partial charge in [-0.2, -0.15) is 5.26 Å². The largest absolute Gasteiger partial charge is 0.281 e. The van der Waals surface area contributed by atoms with Crippen LogP contribution in [0.1, 0.15) is 17.8 Å². The molecule has 0 N–H and O–H groups in total. The summed E-state index contributed by atoms with van der Waals surface area (Å²) in [5, 5.41) is 8.24. The van der Waals surface area contributed by atoms with Gasteiger partial charge in [0.05, 0.1) is 23.2 Å². The van der Waals surface area contributed by atoms with Crippen LogP contribution >= 0.6 is 11.6 Å². The van der Waals surface area contributed by atoms with Gasteiger partial charge in [0.1, 0.15) is 5.69 Å². The highest BCUT2D eigenvalue weighted by Gasteiger charge is 2.13. The van der Waals surface area contributed by atoms with Gasteiger partial charge in [-0.05, 0) is 12.1 Å². The predicted molar refractivity (Wildman–Crippen MR) is 43.5 cm³/mol. The molecule has 0 bridgehead atoms. The summed E-state index contributed by atoms with van der Waals surface area (Å²) in [6, 6.07) is 4.60. The topological polar surface area (TPSA) is 36.7 Å². The minimum Gasteiger partial charge on any atom is -0.249 e. The first kappa shape index (κ1) is 9.87. The molecule has 2 nitrogen and oxygen atoms in total. The van der Waals surface area contributed by atoms with E-state index in [-0.39, 0.29) is 11.4 Å². The van der Waals surface area contributed by atoms with Crippen LogP contribution in [0.4, 0.5) is 8.78 Å². The number of halogens is 3. The molecule has 0 saturated carbocycles. The number of rotatable bonds is 2. The van der Waals surface area contributed by atoms with Crippen molar-refractivity contribution in [2.75, 3.05) is 0 Å². The first-order valence-electron chi connectivity index (χ1n) is 3.45. The van der Waals surface area contributed by atoms with E-state index in [0.29, 0.717) is 5.69 Å². The molecule has 1 aromatic rings. The van der Waals surface area contributed by atoms with Crippen LogP contribution in [0, 0.1) is 11.3 Å². The summed E-state index contributed by atoms with van der Waals surface area (Å²) < 4.78 is 24.4. The van der Waals surface area contributed by atoms with E-state index in [2.05, 4.69) is 4.98 Å². The van der Waals surface area contributed by atoms with Gasteiger partial charge < -0.3 is 0 Å². The maximum Gasteiger partial charge on any atom is 0.281 e. The molecule has 0 aliphatic carbocycles. The molecule has 0 unspecified atom stereocenters. The zero-order chi connectivity index (χ0) is 9.84. The van der Waals surface area contributed by atoms with E-state index in [1.54, 1.807) is 0 Å². The molecular formula is C8H5ClF2N2. The van der Waals surface area contributed by atoms with Crippen molar-refractivity contribution < 1.29 is 8.78 Å². The highest BCUT2D eigenvalue weighted by molar-refractivity contribution is 6.31. The van der Waals surface area contributed by atoms with Gasteiger partial charge in [0.15, 0.2) is 0 Å². The molecule has 5 heteroatoms. The summed E-state index contributed by atoms with van der Waals surface area (Å²) in [5.41, 5.74) is -0.156. The summed E-state index contributed by atoms with van der Waals surface area (Å²) in [5.74, 6) is 0. The lowest BCUT2D eigenvalue weighted by Gasteiger charge is -2.02. The Morgan fingerprint density at radius 1 is 1.54 bits per heavy atom. The maximum absolute atomic E-state index is 12.2. The van der Waals surface area contributed by atoms with Crippen molar-refractivity contribution in [2.24, 2.45) is 0 Å². The molecule has 0 saturated heterocycles. The fourth-order valence-corrected chi connectivity index (χ4v) is 1.02. The molecule has 68 valence electrons. The molecule has 1 rings (SSSR count). The van der Waals surface area contributed by atoms with Crippen LogP contribution in [0.3, 0.4) is 0 Å². The van der Waals surface area contributed by atoms with E-state index in [0.717, 1.165) is 0 Å². The van der Waals surface area contributed by atoms with Crippen molar-refractivity contribution in [3.8, 4) is 6.07 Å². The first-order valence-corrected chi connectivity index (χ1v) is 3.83. The van der Waals surface area contributed by atoms with Crippen molar-refractivity contribution in [3.63, 3.8) is 0 Å². The normalized spacial score (nSPS) is 10.1. The summed E-state index contributed by atoms with van der Waals surface area (Å²) >= 11 is 5.47. The SMILES string of the molecule is N#CCc1ccc(Cl)c(C(F)F)n1. The summed E-state index contributed by atoms with van der Waals surface area (Å²) in [4.78, 5) is 3.56. The average Bonchev–Trinajstić information content (AvgIpc) is 2.08. The lowest BCUT2D eigenvalue weighted by molar-refractivity contribution is 0.146. The summed E-state index contributed by atoms with van der Waals surface area (Å²) in [7, 11) is 0. The molecular weight excluding hydrogens is 198 g/mol. The monoisotopic (exact) mass is 202 g/mol. The van der Waals surface area contributed by atoms with Crippen LogP contribution in [-0.4, -0.2) is 4.98 Å². The third-order valence-electron chi connectivity index (χ3n) is 1.40. The van der Waals surface area contributed by atoms with Crippen LogP contribution in [0.5, 0.6) is 0 Å². The zero-order valence-electron chi connectivity index (χ0n) is 6.47. The molecule has 0 spiro atoms. The number of hydrogen-bond donors (Lipinski definition) is 0. The molecule has 0 aromatic carbocycles. The minimum atomic E-state index is -2.70. The van der Waals surface area contributed by atoms with Crippen LogP contribution in [0.15, 0.2) is 12.1 Å². The third kappa shape index (κ3) is 2.36. The first-order chi connectivity index (χ1) is 6.15. The maximum atomic E-state index is 12.2. The molecule has 0 fully saturated rings. The number of nitriles is 1. The zero-order valence-corrected chi connectivity index (χ0v) is 7.22. The van der Waals surface area contributed by atoms with Gasteiger partial charge in [0, 0.05) is 0 Å². The summed E-state index contributed by atoms with van der Waals surface area (Å²) in [6.45, 7) is 0. The van der Waals surface area contributed by atoms with Gasteiger partial charge in [-0.3, -0.25) is 0 Å². The quantitative estimate of drug-likeness (QED) is 0.740. The van der Waals surface area contributed by atoms with Gasteiger partial charge in [-0.15, -0.1) is 0 Å². The van der Waals surface area contributed by atoms with E-state index in [4.69, 9.17) is 16.9 Å². The average molecular weight is 203 g/mol. The fourth-order valence-electron chi connectivity index (χ4n) is 0.833. The summed E-state index contributed by atoms with van der Waals surface area (Å²) in [6.07, 6.45) is -2.69. The number of nitrogens with zero attached hydrogens (tertiary/aromatic N) is 2. The van der Waals surface area contributed by atoms with Gasteiger partial charge in [-0.25, -0.2) is 13.8 Å². The second-order valence-corrected chi connectivity index (χ2v) is 2.71. The van der Waals surface area contributed by atoms with Crippen molar-refractivity contribution in [1.82, 2.24) is 4.98 Å². The third-order valence-corrected chi connectivity index (χ3v) is 1.72. The minimum absolute atomic E-state index is 0.0108. The van der Waals surface area contributed by atoms with Crippen LogP contribution < -0.4 is 0 Å². The Morgan fingerprint density at radius 3 is 2.77 bits per heavy atom. The lowest BCUT2D eigenvalue weighted by Crippen LogP contribution is -1.96. The van der Waals surface area contributed by atoms with Crippen molar-refractivity contribution in [1.29, 1.82) is 5.26 Å². The number of aromatic nitrogens is 1. The highest BCUT2D eigenvalue weighted by atomic mass is 35.5. The fraction of sp³-hybridized carbons (Fsp3) is 0.250. The molecule has 0 atom stereocenters. The van der Waals surface area contributed by atoms with E-state index in [1.165, 1.54) is 12.1 Å². The Morgan fingerprint density at radius 2 is 2.23 bits per heavy atom. The van der Waals surface area contributed by atoms with E-state index < -0.39 is 12.1 Å².